The van der Waals surface area contributed by atoms with Crippen molar-refractivity contribution in [2.45, 2.75) is 108 Å². The summed E-state index contributed by atoms with van der Waals surface area (Å²) in [6.45, 7) is 3.43. The Morgan fingerprint density at radius 1 is 0.588 bits per heavy atom. The van der Waals surface area contributed by atoms with Crippen molar-refractivity contribution in [2.75, 3.05) is 6.61 Å². The number of ether oxygens (including phenoxy) is 1. The molecule has 0 aliphatic rings. The molecule has 0 atom stereocenters. The second kappa shape index (κ2) is 10.7. The molecule has 0 aromatic carbocycles. The fourth-order valence-corrected chi connectivity index (χ4v) is 2.94. The molecule has 0 aliphatic heterocycles. The predicted octanol–water partition coefficient (Wildman–Crippen LogP) is 8.14. The van der Waals surface area contributed by atoms with Crippen molar-refractivity contribution < 1.29 is 62.2 Å². The Balaban J connectivity index is 5.04. The maximum absolute atomic E-state index is 13.8. The molecule has 0 saturated heterocycles. The third-order valence-corrected chi connectivity index (χ3v) is 4.78. The van der Waals surface area contributed by atoms with Crippen molar-refractivity contribution in [3.63, 3.8) is 0 Å². The Labute approximate surface area is 189 Å². The number of rotatable bonds is 15. The van der Waals surface area contributed by atoms with Crippen molar-refractivity contribution in [3.8, 4) is 0 Å². The van der Waals surface area contributed by atoms with Crippen molar-refractivity contribution in [2.24, 2.45) is 5.41 Å². The smallest absolute Gasteiger partial charge is 0.311 e. The standard InChI is InChI=1S/C20H28F12O2/c1-5-14(2,3)13(33)34-7-6-16(23,24)9-18(27,28)11-20(31,32)12-19(29,30)10-17(25,26)8-15(4,21)22/h5-12H2,1-4H3. The van der Waals surface area contributed by atoms with Gasteiger partial charge in [0, 0.05) is 6.42 Å². The molecule has 0 radical (unpaired) electrons. The highest BCUT2D eigenvalue weighted by Crippen LogP contribution is 2.46. The predicted molar refractivity (Wildman–Crippen MR) is 98.1 cm³/mol. The van der Waals surface area contributed by atoms with E-state index in [-0.39, 0.29) is 13.3 Å². The van der Waals surface area contributed by atoms with Crippen LogP contribution in [-0.4, -0.2) is 48.1 Å². The molecule has 204 valence electrons. The van der Waals surface area contributed by atoms with E-state index in [0.717, 1.165) is 0 Å². The van der Waals surface area contributed by atoms with E-state index in [9.17, 15) is 57.5 Å². The zero-order valence-electron chi connectivity index (χ0n) is 19.0. The van der Waals surface area contributed by atoms with Crippen LogP contribution in [0, 0.1) is 5.41 Å². The first kappa shape index (κ1) is 32.6. The van der Waals surface area contributed by atoms with E-state index in [0.29, 0.717) is 0 Å². The zero-order valence-corrected chi connectivity index (χ0v) is 19.0. The van der Waals surface area contributed by atoms with Crippen LogP contribution >= 0.6 is 0 Å². The maximum Gasteiger partial charge on any atom is 0.311 e. The van der Waals surface area contributed by atoms with Gasteiger partial charge in [-0.2, -0.15) is 0 Å². The number of carbonyl (C=O) groups excluding carboxylic acids is 1. The molecule has 2 nitrogen and oxygen atoms in total. The molecule has 0 unspecified atom stereocenters. The van der Waals surface area contributed by atoms with E-state index in [4.69, 9.17) is 0 Å². The Morgan fingerprint density at radius 2 is 0.912 bits per heavy atom. The van der Waals surface area contributed by atoms with Gasteiger partial charge in [-0.05, 0) is 27.2 Å². The molecule has 0 spiro atoms. The average Bonchev–Trinajstić information content (AvgIpc) is 2.46. The summed E-state index contributed by atoms with van der Waals surface area (Å²) in [6.07, 6.45) is -14.5. The zero-order chi connectivity index (χ0) is 27.4. The van der Waals surface area contributed by atoms with Gasteiger partial charge in [-0.25, -0.2) is 52.7 Å². The highest BCUT2D eigenvalue weighted by Gasteiger charge is 2.55. The monoisotopic (exact) mass is 528 g/mol. The molecule has 0 amide bonds. The van der Waals surface area contributed by atoms with Gasteiger partial charge in [0.25, 0.3) is 35.5 Å². The topological polar surface area (TPSA) is 26.3 Å². The van der Waals surface area contributed by atoms with Crippen LogP contribution in [-0.2, 0) is 9.53 Å². The number of halogens is 12. The SMILES string of the molecule is CCC(C)(C)C(=O)OCCC(F)(F)CC(F)(F)CC(F)(F)CC(F)(F)CC(F)(F)CC(C)(F)F. The molecule has 0 heterocycles. The quantitative estimate of drug-likeness (QED) is 0.158. The Morgan fingerprint density at radius 3 is 1.24 bits per heavy atom. The molecule has 0 saturated carbocycles. The number of hydrogen-bond acceptors (Lipinski definition) is 2. The van der Waals surface area contributed by atoms with Gasteiger partial charge in [0.05, 0.1) is 44.1 Å². The van der Waals surface area contributed by atoms with Crippen molar-refractivity contribution in [3.05, 3.63) is 0 Å². The van der Waals surface area contributed by atoms with Gasteiger partial charge in [-0.3, -0.25) is 4.79 Å². The van der Waals surface area contributed by atoms with E-state index in [1.54, 1.807) is 6.92 Å². The number of carbonyl (C=O) groups is 1. The van der Waals surface area contributed by atoms with Gasteiger partial charge >= 0.3 is 5.97 Å². The normalized spacial score (nSPS) is 14.9. The number of hydrogen-bond donors (Lipinski definition) is 0. The van der Waals surface area contributed by atoms with E-state index >= 15 is 0 Å². The first-order valence-corrected chi connectivity index (χ1v) is 10.2. The molecule has 0 aliphatic carbocycles. The Bertz CT molecular complexity index is 669. The summed E-state index contributed by atoms with van der Waals surface area (Å²) in [5.41, 5.74) is -1.05. The van der Waals surface area contributed by atoms with Gasteiger partial charge in [-0.15, -0.1) is 0 Å². The van der Waals surface area contributed by atoms with Crippen molar-refractivity contribution >= 4 is 5.97 Å². The molecule has 0 N–H and O–H groups in total. The van der Waals surface area contributed by atoms with E-state index in [1.807, 2.05) is 0 Å². The van der Waals surface area contributed by atoms with Gasteiger partial charge in [0.15, 0.2) is 0 Å². The summed E-state index contributed by atoms with van der Waals surface area (Å²) in [5.74, 6) is -29.2. The molecule has 0 aromatic heterocycles. The molecule has 0 rings (SSSR count). The lowest BCUT2D eigenvalue weighted by atomic mass is 9.91. The summed E-state index contributed by atoms with van der Waals surface area (Å²) >= 11 is 0. The van der Waals surface area contributed by atoms with Crippen LogP contribution in [0.2, 0.25) is 0 Å². The minimum Gasteiger partial charge on any atom is -0.465 e. The number of esters is 1. The molecule has 0 aromatic rings. The highest BCUT2D eigenvalue weighted by atomic mass is 19.3. The van der Waals surface area contributed by atoms with E-state index < -0.39 is 92.1 Å². The first-order chi connectivity index (χ1) is 14.7. The fraction of sp³-hybridized carbons (Fsp3) is 0.950. The summed E-state index contributed by atoms with van der Waals surface area (Å²) in [4.78, 5) is 11.7. The minimum absolute atomic E-state index is 0.0139. The van der Waals surface area contributed by atoms with Gasteiger partial charge in [0.2, 0.25) is 0 Å². The Hall–Kier alpha value is -1.37. The van der Waals surface area contributed by atoms with Crippen LogP contribution in [0.25, 0.3) is 0 Å². The minimum atomic E-state index is -5.08. The van der Waals surface area contributed by atoms with Crippen LogP contribution in [0.1, 0.15) is 72.6 Å². The maximum atomic E-state index is 13.8. The fourth-order valence-electron chi connectivity index (χ4n) is 2.94. The van der Waals surface area contributed by atoms with Crippen LogP contribution < -0.4 is 0 Å². The van der Waals surface area contributed by atoms with Gasteiger partial charge in [-0.1, -0.05) is 6.92 Å². The summed E-state index contributed by atoms with van der Waals surface area (Å²) in [6, 6.07) is 0. The van der Waals surface area contributed by atoms with Crippen LogP contribution in [0.5, 0.6) is 0 Å². The van der Waals surface area contributed by atoms with E-state index in [1.165, 1.54) is 13.8 Å². The van der Waals surface area contributed by atoms with E-state index in [2.05, 4.69) is 4.74 Å². The molecule has 0 bridgehead atoms. The van der Waals surface area contributed by atoms with Crippen LogP contribution in [0.4, 0.5) is 52.7 Å². The molecule has 34 heavy (non-hydrogen) atoms. The molecule has 14 heteroatoms. The lowest BCUT2D eigenvalue weighted by Crippen LogP contribution is -2.41. The Kier molecular flexibility index (Phi) is 10.3. The molecular formula is C20H28F12O2. The lowest BCUT2D eigenvalue weighted by molar-refractivity contribution is -0.199. The average molecular weight is 528 g/mol. The van der Waals surface area contributed by atoms with Crippen molar-refractivity contribution in [1.29, 1.82) is 0 Å². The van der Waals surface area contributed by atoms with Gasteiger partial charge in [0.1, 0.15) is 0 Å². The second-order valence-electron chi connectivity index (χ2n) is 9.36. The number of alkyl halides is 12. The molecular weight excluding hydrogens is 500 g/mol. The third kappa shape index (κ3) is 13.5. The first-order valence-electron chi connectivity index (χ1n) is 10.2. The summed E-state index contributed by atoms with van der Waals surface area (Å²) < 4.78 is 167. The third-order valence-electron chi connectivity index (χ3n) is 4.78. The van der Waals surface area contributed by atoms with Crippen molar-refractivity contribution in [1.82, 2.24) is 0 Å². The summed E-state index contributed by atoms with van der Waals surface area (Å²) in [7, 11) is 0. The second-order valence-corrected chi connectivity index (χ2v) is 9.36. The van der Waals surface area contributed by atoms with Gasteiger partial charge < -0.3 is 4.74 Å². The lowest BCUT2D eigenvalue weighted by Gasteiger charge is -2.30. The largest absolute Gasteiger partial charge is 0.465 e. The molecule has 0 fully saturated rings. The van der Waals surface area contributed by atoms with Crippen LogP contribution in [0.15, 0.2) is 0 Å². The summed E-state index contributed by atoms with van der Waals surface area (Å²) in [5, 5.41) is 0. The highest BCUT2D eigenvalue weighted by molar-refractivity contribution is 5.75. The van der Waals surface area contributed by atoms with Crippen LogP contribution in [0.3, 0.4) is 0 Å².